The standard InChI is InChI=1S/C16H25NO/c1-13-7-6-8-14(11-13)16(12-17)18-15-9-4-2-3-5-10-15/h6-8,11,15-16H,2-5,9-10,12,17H2,1H3. The zero-order valence-corrected chi connectivity index (χ0v) is 11.4. The number of nitrogens with two attached hydrogens (primary N) is 1. The maximum absolute atomic E-state index is 6.24. The molecule has 1 aromatic rings. The van der Waals surface area contributed by atoms with Gasteiger partial charge in [-0.1, -0.05) is 55.5 Å². The lowest BCUT2D eigenvalue weighted by Gasteiger charge is -2.23. The summed E-state index contributed by atoms with van der Waals surface area (Å²) in [4.78, 5) is 0. The van der Waals surface area contributed by atoms with Crippen LogP contribution in [0.2, 0.25) is 0 Å². The summed E-state index contributed by atoms with van der Waals surface area (Å²) in [5.41, 5.74) is 8.38. The molecule has 2 heteroatoms. The van der Waals surface area contributed by atoms with Gasteiger partial charge in [-0.15, -0.1) is 0 Å². The number of hydrogen-bond acceptors (Lipinski definition) is 2. The molecule has 2 N–H and O–H groups in total. The molecule has 18 heavy (non-hydrogen) atoms. The fourth-order valence-corrected chi connectivity index (χ4v) is 2.75. The van der Waals surface area contributed by atoms with Gasteiger partial charge < -0.3 is 10.5 Å². The van der Waals surface area contributed by atoms with Crippen LogP contribution in [0.1, 0.15) is 55.8 Å². The van der Waals surface area contributed by atoms with E-state index in [2.05, 4.69) is 31.2 Å². The second kappa shape index (κ2) is 6.91. The molecule has 100 valence electrons. The smallest absolute Gasteiger partial charge is 0.0950 e. The molecule has 2 nitrogen and oxygen atoms in total. The second-order valence-electron chi connectivity index (χ2n) is 5.39. The first-order valence-electron chi connectivity index (χ1n) is 7.21. The van der Waals surface area contributed by atoms with Crippen LogP contribution < -0.4 is 5.73 Å². The Morgan fingerprint density at radius 2 is 1.94 bits per heavy atom. The summed E-state index contributed by atoms with van der Waals surface area (Å²) in [6, 6.07) is 8.52. The van der Waals surface area contributed by atoms with E-state index < -0.39 is 0 Å². The molecule has 0 bridgehead atoms. The van der Waals surface area contributed by atoms with E-state index in [1.807, 2.05) is 0 Å². The molecule has 1 aliphatic carbocycles. The van der Waals surface area contributed by atoms with Crippen molar-refractivity contribution < 1.29 is 4.74 Å². The van der Waals surface area contributed by atoms with Crippen LogP contribution in [0.4, 0.5) is 0 Å². The highest BCUT2D eigenvalue weighted by atomic mass is 16.5. The minimum absolute atomic E-state index is 0.0630. The summed E-state index contributed by atoms with van der Waals surface area (Å²) in [6.45, 7) is 2.68. The van der Waals surface area contributed by atoms with Gasteiger partial charge in [0.05, 0.1) is 12.2 Å². The number of rotatable bonds is 4. The summed E-state index contributed by atoms with van der Waals surface area (Å²) in [5, 5.41) is 0. The van der Waals surface area contributed by atoms with Crippen LogP contribution in [-0.2, 0) is 4.74 Å². The van der Waals surface area contributed by atoms with Crippen LogP contribution in [-0.4, -0.2) is 12.6 Å². The molecule has 1 aliphatic rings. The number of aryl methyl sites for hydroxylation is 1. The van der Waals surface area contributed by atoms with Crippen LogP contribution in [0.25, 0.3) is 0 Å². The highest BCUT2D eigenvalue weighted by Gasteiger charge is 2.18. The molecule has 0 radical (unpaired) electrons. The fourth-order valence-electron chi connectivity index (χ4n) is 2.75. The van der Waals surface area contributed by atoms with Gasteiger partial charge in [-0.25, -0.2) is 0 Å². The zero-order valence-electron chi connectivity index (χ0n) is 11.4. The Bertz CT molecular complexity index is 356. The van der Waals surface area contributed by atoms with Gasteiger partial charge in [0, 0.05) is 6.54 Å². The Labute approximate surface area is 111 Å². The summed E-state index contributed by atoms with van der Waals surface area (Å²) in [6.07, 6.45) is 8.18. The van der Waals surface area contributed by atoms with E-state index in [4.69, 9.17) is 10.5 Å². The molecule has 0 saturated heterocycles. The Hall–Kier alpha value is -0.860. The Morgan fingerprint density at radius 3 is 2.56 bits per heavy atom. The van der Waals surface area contributed by atoms with Gasteiger partial charge in [-0.3, -0.25) is 0 Å². The Balaban J connectivity index is 1.99. The molecule has 1 unspecified atom stereocenters. The third-order valence-corrected chi connectivity index (χ3v) is 3.79. The van der Waals surface area contributed by atoms with Crippen LogP contribution in [0.3, 0.4) is 0 Å². The molecule has 0 aromatic heterocycles. The highest BCUT2D eigenvalue weighted by molar-refractivity contribution is 5.24. The molecule has 0 heterocycles. The lowest BCUT2D eigenvalue weighted by Crippen LogP contribution is -2.22. The minimum atomic E-state index is 0.0630. The topological polar surface area (TPSA) is 35.2 Å². The van der Waals surface area contributed by atoms with Crippen molar-refractivity contribution in [1.29, 1.82) is 0 Å². The van der Waals surface area contributed by atoms with Crippen molar-refractivity contribution in [3.8, 4) is 0 Å². The Kier molecular flexibility index (Phi) is 5.21. The quantitative estimate of drug-likeness (QED) is 0.823. The summed E-state index contributed by atoms with van der Waals surface area (Å²) >= 11 is 0. The van der Waals surface area contributed by atoms with Gasteiger partial charge in [-0.2, -0.15) is 0 Å². The summed E-state index contributed by atoms with van der Waals surface area (Å²) in [5.74, 6) is 0. The van der Waals surface area contributed by atoms with Gasteiger partial charge in [0.1, 0.15) is 0 Å². The normalized spacial score (nSPS) is 19.4. The average molecular weight is 247 g/mol. The lowest BCUT2D eigenvalue weighted by molar-refractivity contribution is -0.0161. The van der Waals surface area contributed by atoms with Gasteiger partial charge in [0.2, 0.25) is 0 Å². The Morgan fingerprint density at radius 1 is 1.22 bits per heavy atom. The van der Waals surface area contributed by atoms with E-state index in [9.17, 15) is 0 Å². The van der Waals surface area contributed by atoms with Gasteiger partial charge >= 0.3 is 0 Å². The minimum Gasteiger partial charge on any atom is -0.369 e. The first kappa shape index (κ1) is 13.6. The lowest BCUT2D eigenvalue weighted by atomic mass is 10.1. The molecular weight excluding hydrogens is 222 g/mol. The maximum Gasteiger partial charge on any atom is 0.0950 e. The second-order valence-corrected chi connectivity index (χ2v) is 5.39. The summed E-state index contributed by atoms with van der Waals surface area (Å²) in [7, 11) is 0. The molecule has 0 aliphatic heterocycles. The van der Waals surface area contributed by atoms with E-state index in [1.165, 1.54) is 49.7 Å². The van der Waals surface area contributed by atoms with Gasteiger partial charge in [0.25, 0.3) is 0 Å². The third-order valence-electron chi connectivity index (χ3n) is 3.79. The van der Waals surface area contributed by atoms with Crippen molar-refractivity contribution in [3.05, 3.63) is 35.4 Å². The fraction of sp³-hybridized carbons (Fsp3) is 0.625. The van der Waals surface area contributed by atoms with E-state index in [1.54, 1.807) is 0 Å². The molecule has 2 rings (SSSR count). The van der Waals surface area contributed by atoms with E-state index in [0.29, 0.717) is 12.6 Å². The van der Waals surface area contributed by atoms with Crippen molar-refractivity contribution in [1.82, 2.24) is 0 Å². The van der Waals surface area contributed by atoms with Crippen molar-refractivity contribution in [2.24, 2.45) is 5.73 Å². The summed E-state index contributed by atoms with van der Waals surface area (Å²) < 4.78 is 6.24. The zero-order chi connectivity index (χ0) is 12.8. The first-order valence-corrected chi connectivity index (χ1v) is 7.21. The predicted octanol–water partition coefficient (Wildman–Crippen LogP) is 3.73. The highest BCUT2D eigenvalue weighted by Crippen LogP contribution is 2.26. The number of hydrogen-bond donors (Lipinski definition) is 1. The maximum atomic E-state index is 6.24. The van der Waals surface area contributed by atoms with Gasteiger partial charge in [-0.05, 0) is 25.3 Å². The average Bonchev–Trinajstić information content (AvgIpc) is 2.64. The van der Waals surface area contributed by atoms with E-state index in [-0.39, 0.29) is 6.10 Å². The molecule has 1 fully saturated rings. The van der Waals surface area contributed by atoms with Crippen molar-refractivity contribution in [2.45, 2.75) is 57.7 Å². The molecule has 1 aromatic carbocycles. The van der Waals surface area contributed by atoms with Gasteiger partial charge in [0.15, 0.2) is 0 Å². The van der Waals surface area contributed by atoms with Crippen molar-refractivity contribution >= 4 is 0 Å². The van der Waals surface area contributed by atoms with Crippen LogP contribution in [0.15, 0.2) is 24.3 Å². The molecular formula is C16H25NO. The monoisotopic (exact) mass is 247 g/mol. The molecule has 0 spiro atoms. The van der Waals surface area contributed by atoms with Crippen LogP contribution in [0.5, 0.6) is 0 Å². The van der Waals surface area contributed by atoms with Crippen LogP contribution in [0, 0.1) is 6.92 Å². The predicted molar refractivity (Wildman–Crippen MR) is 75.5 cm³/mol. The van der Waals surface area contributed by atoms with E-state index >= 15 is 0 Å². The van der Waals surface area contributed by atoms with Crippen molar-refractivity contribution in [2.75, 3.05) is 6.54 Å². The SMILES string of the molecule is Cc1cccc(C(CN)OC2CCCCCC2)c1. The third kappa shape index (κ3) is 3.82. The van der Waals surface area contributed by atoms with E-state index in [0.717, 1.165) is 0 Å². The van der Waals surface area contributed by atoms with Crippen molar-refractivity contribution in [3.63, 3.8) is 0 Å². The molecule has 1 saturated carbocycles. The van der Waals surface area contributed by atoms with Crippen LogP contribution >= 0.6 is 0 Å². The molecule has 0 amide bonds. The largest absolute Gasteiger partial charge is 0.369 e. The number of ether oxygens (including phenoxy) is 1. The number of benzene rings is 1. The first-order chi connectivity index (χ1) is 8.79. The molecule has 1 atom stereocenters.